The van der Waals surface area contributed by atoms with Crippen LogP contribution in [-0.2, 0) is 11.3 Å². The second kappa shape index (κ2) is 9.03. The van der Waals surface area contributed by atoms with Crippen LogP contribution in [0, 0.1) is 6.92 Å². The molecule has 170 valence electrons. The van der Waals surface area contributed by atoms with Crippen LogP contribution in [0.4, 0.5) is 0 Å². The fourth-order valence-corrected chi connectivity index (χ4v) is 3.58. The highest BCUT2D eigenvalue weighted by atomic mass is 16.5. The Hall–Kier alpha value is -4.34. The molecular weight excluding hydrogens is 428 g/mol. The van der Waals surface area contributed by atoms with Gasteiger partial charge < -0.3 is 24.7 Å². The summed E-state index contributed by atoms with van der Waals surface area (Å²) in [4.78, 5) is 25.1. The number of fused-ring (bicyclic) bond motifs is 1. The lowest BCUT2D eigenvalue weighted by Crippen LogP contribution is -2.26. The van der Waals surface area contributed by atoms with Crippen LogP contribution in [0.25, 0.3) is 5.65 Å². The first-order valence-corrected chi connectivity index (χ1v) is 10.1. The van der Waals surface area contributed by atoms with Crippen molar-refractivity contribution in [3.63, 3.8) is 0 Å². The van der Waals surface area contributed by atoms with Crippen LogP contribution in [0.1, 0.15) is 35.2 Å². The number of ether oxygens (including phenoxy) is 1. The van der Waals surface area contributed by atoms with Gasteiger partial charge in [-0.05, 0) is 36.8 Å². The first kappa shape index (κ1) is 21.9. The van der Waals surface area contributed by atoms with Gasteiger partial charge in [-0.15, -0.1) is 10.2 Å². The third kappa shape index (κ3) is 4.49. The minimum Gasteiger partial charge on any atom is -0.504 e. The van der Waals surface area contributed by atoms with E-state index in [0.717, 1.165) is 0 Å². The fraction of sp³-hybridized carbons (Fsp3) is 0.217. The maximum Gasteiger partial charge on any atom is 0.227 e. The lowest BCUT2D eigenvalue weighted by molar-refractivity contribution is -0.121. The lowest BCUT2D eigenvalue weighted by atomic mass is 9.91. The molecule has 3 N–H and O–H groups in total. The molecule has 1 aromatic carbocycles. The summed E-state index contributed by atoms with van der Waals surface area (Å²) in [6, 6.07) is 11.2. The third-order valence-electron chi connectivity index (χ3n) is 5.21. The van der Waals surface area contributed by atoms with E-state index < -0.39 is 17.1 Å². The highest BCUT2D eigenvalue weighted by Crippen LogP contribution is 2.37. The van der Waals surface area contributed by atoms with E-state index >= 15 is 0 Å². The Morgan fingerprint density at radius 1 is 1.21 bits per heavy atom. The molecule has 0 bridgehead atoms. The Kier molecular flexibility index (Phi) is 5.99. The topological polar surface area (TPSA) is 139 Å². The van der Waals surface area contributed by atoms with Gasteiger partial charge in [-0.25, -0.2) is 0 Å². The van der Waals surface area contributed by atoms with Crippen molar-refractivity contribution in [1.82, 2.24) is 19.9 Å². The lowest BCUT2D eigenvalue weighted by Gasteiger charge is -2.18. The summed E-state index contributed by atoms with van der Waals surface area (Å²) in [6.07, 6.45) is 1.65. The van der Waals surface area contributed by atoms with Crippen molar-refractivity contribution >= 4 is 11.6 Å². The minimum absolute atomic E-state index is 0.0455. The molecule has 10 heteroatoms. The molecule has 10 nitrogen and oxygen atoms in total. The summed E-state index contributed by atoms with van der Waals surface area (Å²) in [5.41, 5.74) is 0.555. The van der Waals surface area contributed by atoms with E-state index in [1.807, 2.05) is 12.1 Å². The van der Waals surface area contributed by atoms with Crippen LogP contribution in [0.5, 0.6) is 17.2 Å². The molecular formula is C23H22N4O6. The van der Waals surface area contributed by atoms with E-state index in [4.69, 9.17) is 9.15 Å². The van der Waals surface area contributed by atoms with Crippen molar-refractivity contribution in [2.75, 3.05) is 7.11 Å². The van der Waals surface area contributed by atoms with Gasteiger partial charge in [-0.1, -0.05) is 12.1 Å². The summed E-state index contributed by atoms with van der Waals surface area (Å²) in [7, 11) is 1.40. The number of amides is 1. The van der Waals surface area contributed by atoms with Crippen LogP contribution >= 0.6 is 0 Å². The first-order chi connectivity index (χ1) is 15.9. The predicted octanol–water partition coefficient (Wildman–Crippen LogP) is 2.25. The predicted molar refractivity (Wildman–Crippen MR) is 117 cm³/mol. The van der Waals surface area contributed by atoms with Crippen molar-refractivity contribution in [3.05, 3.63) is 81.8 Å². The molecule has 1 atom stereocenters. The molecule has 0 unspecified atom stereocenters. The maximum atomic E-state index is 12.9. The van der Waals surface area contributed by atoms with E-state index in [0.29, 0.717) is 22.8 Å². The monoisotopic (exact) mass is 450 g/mol. The number of phenols is 1. The Bertz CT molecular complexity index is 1380. The highest BCUT2D eigenvalue weighted by molar-refractivity contribution is 5.77. The van der Waals surface area contributed by atoms with Crippen molar-refractivity contribution in [1.29, 1.82) is 0 Å². The number of benzene rings is 1. The van der Waals surface area contributed by atoms with E-state index in [1.165, 1.54) is 25.3 Å². The number of nitrogens with zero attached hydrogens (tertiary/aromatic N) is 3. The van der Waals surface area contributed by atoms with Gasteiger partial charge in [0.15, 0.2) is 28.7 Å². The third-order valence-corrected chi connectivity index (χ3v) is 5.21. The summed E-state index contributed by atoms with van der Waals surface area (Å²) >= 11 is 0. The number of methoxy groups -OCH3 is 1. The second-order valence-electron chi connectivity index (χ2n) is 7.44. The van der Waals surface area contributed by atoms with Gasteiger partial charge in [0.25, 0.3) is 0 Å². The number of nitrogens with one attached hydrogen (secondary N) is 1. The molecule has 4 aromatic rings. The van der Waals surface area contributed by atoms with Crippen LogP contribution in [-0.4, -0.2) is 37.8 Å². The molecule has 33 heavy (non-hydrogen) atoms. The first-order valence-electron chi connectivity index (χ1n) is 10.1. The van der Waals surface area contributed by atoms with E-state index in [-0.39, 0.29) is 36.1 Å². The zero-order chi connectivity index (χ0) is 23.5. The van der Waals surface area contributed by atoms with Gasteiger partial charge in [0.2, 0.25) is 17.1 Å². The molecule has 4 rings (SSSR count). The fourth-order valence-electron chi connectivity index (χ4n) is 3.58. The summed E-state index contributed by atoms with van der Waals surface area (Å²) in [5, 5.41) is 31.3. The minimum atomic E-state index is -0.817. The number of aryl methyl sites for hydroxylation is 1. The van der Waals surface area contributed by atoms with Crippen molar-refractivity contribution in [3.8, 4) is 17.2 Å². The van der Waals surface area contributed by atoms with Crippen LogP contribution in [0.3, 0.4) is 0 Å². The van der Waals surface area contributed by atoms with E-state index in [2.05, 4.69) is 15.5 Å². The van der Waals surface area contributed by atoms with Gasteiger partial charge >= 0.3 is 0 Å². The van der Waals surface area contributed by atoms with Gasteiger partial charge in [0.05, 0.1) is 19.6 Å². The number of hydrogen-bond donors (Lipinski definition) is 3. The van der Waals surface area contributed by atoms with Gasteiger partial charge in [-0.2, -0.15) is 0 Å². The number of carbonyl (C=O) groups excluding carboxylic acids is 1. The van der Waals surface area contributed by atoms with Crippen LogP contribution < -0.4 is 15.5 Å². The van der Waals surface area contributed by atoms with Gasteiger partial charge in [-0.3, -0.25) is 14.0 Å². The Labute approximate surface area is 188 Å². The van der Waals surface area contributed by atoms with Crippen molar-refractivity contribution < 1.29 is 24.2 Å². The molecule has 0 aliphatic carbocycles. The maximum absolute atomic E-state index is 12.9. The van der Waals surface area contributed by atoms with Gasteiger partial charge in [0.1, 0.15) is 5.76 Å². The standard InChI is InChI=1S/C23H22N4O6/c1-13-9-17(29)22(31)23(33-13)15(14-6-7-16(28)18(10-14)32-2)11-21(30)24-12-20-26-25-19-5-3-4-8-27(19)20/h3-10,15,28,31H,11-12H2,1-2H3,(H,24,30)/t15-/m1/s1. The largest absolute Gasteiger partial charge is 0.504 e. The Morgan fingerprint density at radius 3 is 2.82 bits per heavy atom. The average Bonchev–Trinajstić information content (AvgIpc) is 3.22. The molecule has 0 radical (unpaired) electrons. The molecule has 0 spiro atoms. The summed E-state index contributed by atoms with van der Waals surface area (Å²) in [5.74, 6) is -0.874. The number of aromatic nitrogens is 3. The number of carbonyl (C=O) groups is 1. The number of pyridine rings is 1. The SMILES string of the molecule is COc1cc([C@@H](CC(=O)NCc2nnc3ccccn23)c2oc(C)cc(=O)c2O)ccc1O. The molecule has 0 fully saturated rings. The van der Waals surface area contributed by atoms with Gasteiger partial charge in [0, 0.05) is 18.7 Å². The van der Waals surface area contributed by atoms with E-state index in [9.17, 15) is 19.8 Å². The second-order valence-corrected chi connectivity index (χ2v) is 7.44. The number of phenolic OH excluding ortho intramolecular Hbond substituents is 1. The number of hydrogen-bond acceptors (Lipinski definition) is 8. The molecule has 3 heterocycles. The molecule has 0 aliphatic rings. The zero-order valence-electron chi connectivity index (χ0n) is 18.0. The molecule has 0 aliphatic heterocycles. The van der Waals surface area contributed by atoms with E-state index in [1.54, 1.807) is 29.7 Å². The smallest absolute Gasteiger partial charge is 0.227 e. The Morgan fingerprint density at radius 2 is 2.03 bits per heavy atom. The average molecular weight is 450 g/mol. The summed E-state index contributed by atoms with van der Waals surface area (Å²) < 4.78 is 12.6. The van der Waals surface area contributed by atoms with Crippen LogP contribution in [0.2, 0.25) is 0 Å². The summed E-state index contributed by atoms with van der Waals surface area (Å²) in [6.45, 7) is 1.70. The zero-order valence-corrected chi connectivity index (χ0v) is 18.0. The molecule has 1 amide bonds. The molecule has 3 aromatic heterocycles. The molecule has 0 saturated heterocycles. The number of aromatic hydroxyl groups is 2. The molecule has 0 saturated carbocycles. The normalized spacial score (nSPS) is 11.9. The van der Waals surface area contributed by atoms with Crippen LogP contribution in [0.15, 0.2) is 57.9 Å². The van der Waals surface area contributed by atoms with Crippen molar-refractivity contribution in [2.45, 2.75) is 25.8 Å². The quantitative estimate of drug-likeness (QED) is 0.390. The Balaban J connectivity index is 1.63. The number of rotatable bonds is 7. The van der Waals surface area contributed by atoms with Crippen molar-refractivity contribution in [2.24, 2.45) is 0 Å². The highest BCUT2D eigenvalue weighted by Gasteiger charge is 2.27.